The molecule has 88 valence electrons. The molecule has 0 aliphatic rings. The number of hydrogen-bond donors (Lipinski definition) is 0. The summed E-state index contributed by atoms with van der Waals surface area (Å²) in [6.07, 6.45) is 0. The van der Waals surface area contributed by atoms with Gasteiger partial charge in [-0.1, -0.05) is 29.3 Å². The molecule has 0 aliphatic carbocycles. The third-order valence-corrected chi connectivity index (χ3v) is 3.04. The summed E-state index contributed by atoms with van der Waals surface area (Å²) in [5.41, 5.74) is 0.812. The van der Waals surface area contributed by atoms with Gasteiger partial charge in [0.25, 0.3) is 0 Å². The van der Waals surface area contributed by atoms with E-state index in [1.807, 2.05) is 0 Å². The molecule has 0 saturated heterocycles. The van der Waals surface area contributed by atoms with Crippen LogP contribution in [0.5, 0.6) is 5.75 Å². The highest BCUT2D eigenvalue weighted by Gasteiger charge is 2.13. The van der Waals surface area contributed by atoms with Gasteiger partial charge in [0.05, 0.1) is 7.11 Å². The van der Waals surface area contributed by atoms with Gasteiger partial charge in [-0.15, -0.1) is 0 Å². The van der Waals surface area contributed by atoms with Crippen molar-refractivity contribution in [2.75, 3.05) is 7.11 Å². The van der Waals surface area contributed by atoms with E-state index in [-0.39, 0.29) is 5.82 Å². The molecular formula is C13H9Cl2FO. The molecule has 4 heteroatoms. The zero-order chi connectivity index (χ0) is 12.4. The van der Waals surface area contributed by atoms with Gasteiger partial charge in [-0.3, -0.25) is 0 Å². The Morgan fingerprint density at radius 3 is 2.29 bits per heavy atom. The standard InChI is InChI=1S/C13H9Cl2FO/c1-17-8-5-6-12(16)9(7-8)13-10(14)3-2-4-11(13)15/h2-7H,1H3. The molecule has 2 rings (SSSR count). The Morgan fingerprint density at radius 2 is 1.71 bits per heavy atom. The summed E-state index contributed by atoms with van der Waals surface area (Å²) >= 11 is 12.1. The Hall–Kier alpha value is -1.25. The van der Waals surface area contributed by atoms with E-state index in [0.29, 0.717) is 26.9 Å². The van der Waals surface area contributed by atoms with Gasteiger partial charge in [-0.25, -0.2) is 4.39 Å². The first-order chi connectivity index (χ1) is 8.13. The minimum absolute atomic E-state index is 0.333. The van der Waals surface area contributed by atoms with Gasteiger partial charge in [0.1, 0.15) is 11.6 Å². The van der Waals surface area contributed by atoms with Gasteiger partial charge in [0.15, 0.2) is 0 Å². The SMILES string of the molecule is COc1ccc(F)c(-c2c(Cl)cccc2Cl)c1. The quantitative estimate of drug-likeness (QED) is 0.761. The first-order valence-corrected chi connectivity index (χ1v) is 5.67. The molecule has 0 radical (unpaired) electrons. The van der Waals surface area contributed by atoms with Crippen LogP contribution in [0, 0.1) is 5.82 Å². The summed E-state index contributed by atoms with van der Waals surface area (Å²) in [4.78, 5) is 0. The van der Waals surface area contributed by atoms with Gasteiger partial charge in [0.2, 0.25) is 0 Å². The molecule has 0 spiro atoms. The minimum atomic E-state index is -0.388. The number of ether oxygens (including phenoxy) is 1. The fourth-order valence-corrected chi connectivity index (χ4v) is 2.18. The second-order valence-corrected chi connectivity index (χ2v) is 4.26. The van der Waals surface area contributed by atoms with Crippen LogP contribution < -0.4 is 4.74 Å². The smallest absolute Gasteiger partial charge is 0.131 e. The number of benzene rings is 2. The normalized spacial score (nSPS) is 10.4. The Labute approximate surface area is 109 Å². The van der Waals surface area contributed by atoms with Crippen molar-refractivity contribution in [1.82, 2.24) is 0 Å². The van der Waals surface area contributed by atoms with E-state index in [1.165, 1.54) is 13.2 Å². The number of hydrogen-bond acceptors (Lipinski definition) is 1. The van der Waals surface area contributed by atoms with Crippen molar-refractivity contribution in [2.45, 2.75) is 0 Å². The molecule has 2 aromatic rings. The molecule has 0 bridgehead atoms. The van der Waals surface area contributed by atoms with Crippen molar-refractivity contribution in [2.24, 2.45) is 0 Å². The van der Waals surface area contributed by atoms with E-state index in [2.05, 4.69) is 0 Å². The lowest BCUT2D eigenvalue weighted by molar-refractivity contribution is 0.414. The zero-order valence-corrected chi connectivity index (χ0v) is 10.5. The third-order valence-electron chi connectivity index (χ3n) is 2.41. The van der Waals surface area contributed by atoms with Crippen LogP contribution in [0.4, 0.5) is 4.39 Å². The molecule has 2 aromatic carbocycles. The molecule has 0 atom stereocenters. The average molecular weight is 271 g/mol. The van der Waals surface area contributed by atoms with Crippen LogP contribution >= 0.6 is 23.2 Å². The van der Waals surface area contributed by atoms with Crippen molar-refractivity contribution in [3.8, 4) is 16.9 Å². The number of halogens is 3. The van der Waals surface area contributed by atoms with Gasteiger partial charge in [-0.05, 0) is 30.3 Å². The second-order valence-electron chi connectivity index (χ2n) is 3.44. The van der Waals surface area contributed by atoms with Crippen molar-refractivity contribution >= 4 is 23.2 Å². The van der Waals surface area contributed by atoms with E-state index in [0.717, 1.165) is 0 Å². The summed E-state index contributed by atoms with van der Waals surface area (Å²) in [6, 6.07) is 9.50. The largest absolute Gasteiger partial charge is 0.497 e. The molecule has 17 heavy (non-hydrogen) atoms. The lowest BCUT2D eigenvalue weighted by atomic mass is 10.0. The van der Waals surface area contributed by atoms with Crippen LogP contribution in [-0.4, -0.2) is 7.11 Å². The lowest BCUT2D eigenvalue weighted by Crippen LogP contribution is -1.89. The number of rotatable bonds is 2. The maximum atomic E-state index is 13.8. The maximum absolute atomic E-state index is 13.8. The Balaban J connectivity index is 2.67. The van der Waals surface area contributed by atoms with Crippen molar-refractivity contribution in [3.63, 3.8) is 0 Å². The van der Waals surface area contributed by atoms with Gasteiger partial charge in [-0.2, -0.15) is 0 Å². The Morgan fingerprint density at radius 1 is 1.06 bits per heavy atom. The van der Waals surface area contributed by atoms with Crippen molar-refractivity contribution in [1.29, 1.82) is 0 Å². The molecular weight excluding hydrogens is 262 g/mol. The lowest BCUT2D eigenvalue weighted by Gasteiger charge is -2.09. The molecule has 0 N–H and O–H groups in total. The first-order valence-electron chi connectivity index (χ1n) is 4.91. The van der Waals surface area contributed by atoms with E-state index >= 15 is 0 Å². The molecule has 0 amide bonds. The van der Waals surface area contributed by atoms with Crippen LogP contribution in [-0.2, 0) is 0 Å². The molecule has 0 fully saturated rings. The van der Waals surface area contributed by atoms with Crippen LogP contribution in [0.1, 0.15) is 0 Å². The highest BCUT2D eigenvalue weighted by molar-refractivity contribution is 6.39. The zero-order valence-electron chi connectivity index (χ0n) is 9.01. The predicted octanol–water partition coefficient (Wildman–Crippen LogP) is 4.81. The van der Waals surface area contributed by atoms with E-state index < -0.39 is 0 Å². The van der Waals surface area contributed by atoms with Crippen LogP contribution in [0.2, 0.25) is 10.0 Å². The molecule has 1 nitrogen and oxygen atoms in total. The van der Waals surface area contributed by atoms with E-state index in [9.17, 15) is 4.39 Å². The van der Waals surface area contributed by atoms with Gasteiger partial charge >= 0.3 is 0 Å². The van der Waals surface area contributed by atoms with Gasteiger partial charge in [0, 0.05) is 21.2 Å². The van der Waals surface area contributed by atoms with Gasteiger partial charge < -0.3 is 4.74 Å². The summed E-state index contributed by atoms with van der Waals surface area (Å²) in [6.45, 7) is 0. The molecule has 0 heterocycles. The topological polar surface area (TPSA) is 9.23 Å². The third kappa shape index (κ3) is 2.38. The minimum Gasteiger partial charge on any atom is -0.497 e. The van der Waals surface area contributed by atoms with E-state index in [4.69, 9.17) is 27.9 Å². The summed E-state index contributed by atoms with van der Waals surface area (Å²) in [7, 11) is 1.52. The van der Waals surface area contributed by atoms with Crippen molar-refractivity contribution < 1.29 is 9.13 Å². The molecule has 0 saturated carbocycles. The molecule has 0 aliphatic heterocycles. The fourth-order valence-electron chi connectivity index (χ4n) is 1.58. The highest BCUT2D eigenvalue weighted by atomic mass is 35.5. The van der Waals surface area contributed by atoms with Crippen LogP contribution in [0.15, 0.2) is 36.4 Å². The van der Waals surface area contributed by atoms with Crippen LogP contribution in [0.25, 0.3) is 11.1 Å². The summed E-state index contributed by atoms with van der Waals surface area (Å²) in [5.74, 6) is 0.165. The second kappa shape index (κ2) is 4.94. The Bertz CT molecular complexity index is 535. The first kappa shape index (κ1) is 12.2. The summed E-state index contributed by atoms with van der Waals surface area (Å²) < 4.78 is 18.8. The average Bonchev–Trinajstić information content (AvgIpc) is 2.31. The van der Waals surface area contributed by atoms with Crippen LogP contribution in [0.3, 0.4) is 0 Å². The van der Waals surface area contributed by atoms with Crippen molar-refractivity contribution in [3.05, 3.63) is 52.3 Å². The molecule has 0 aromatic heterocycles. The fraction of sp³-hybridized carbons (Fsp3) is 0.0769. The Kier molecular flexibility index (Phi) is 3.55. The van der Waals surface area contributed by atoms with E-state index in [1.54, 1.807) is 30.3 Å². The predicted molar refractivity (Wildman–Crippen MR) is 68.4 cm³/mol. The number of methoxy groups -OCH3 is 1. The summed E-state index contributed by atoms with van der Waals surface area (Å²) in [5, 5.41) is 0.814. The monoisotopic (exact) mass is 270 g/mol. The maximum Gasteiger partial charge on any atom is 0.131 e. The highest BCUT2D eigenvalue weighted by Crippen LogP contribution is 2.37. The molecule has 0 unspecified atom stereocenters.